The van der Waals surface area contributed by atoms with Crippen LogP contribution in [-0.4, -0.2) is 52.7 Å². The standard InChI is InChI=1S/C22H34ClN3O3Si/c1-22(2,3)30(4,5)29-20-9-7-13-26(21(27)28)19(20)8-6-12-25-15-24-17-14-16(23)10-11-18(17)25/h10-11,14-15,19-20H,6-9,12-13H2,1-5H3,(H,27,28)/t19-,20+/m1/s1. The first-order valence-corrected chi connectivity index (χ1v) is 14.1. The Labute approximate surface area is 185 Å². The van der Waals surface area contributed by atoms with Gasteiger partial charge in [0.15, 0.2) is 8.32 Å². The number of benzene rings is 1. The molecule has 2 heterocycles. The average Bonchev–Trinajstić information content (AvgIpc) is 3.03. The first kappa shape index (κ1) is 23.1. The fourth-order valence-corrected chi connectivity index (χ4v) is 5.53. The summed E-state index contributed by atoms with van der Waals surface area (Å²) in [6, 6.07) is 5.62. The van der Waals surface area contributed by atoms with Gasteiger partial charge in [-0.25, -0.2) is 9.78 Å². The van der Waals surface area contributed by atoms with Crippen molar-refractivity contribution in [1.82, 2.24) is 14.5 Å². The van der Waals surface area contributed by atoms with Gasteiger partial charge in [-0.2, -0.15) is 0 Å². The van der Waals surface area contributed by atoms with Gasteiger partial charge in [0, 0.05) is 18.1 Å². The van der Waals surface area contributed by atoms with Gasteiger partial charge in [0.2, 0.25) is 0 Å². The number of fused-ring (bicyclic) bond motifs is 1. The molecule has 1 aromatic heterocycles. The molecule has 0 saturated carbocycles. The number of hydrogen-bond donors (Lipinski definition) is 1. The van der Waals surface area contributed by atoms with E-state index in [1.54, 1.807) is 4.90 Å². The number of carboxylic acid groups (broad SMARTS) is 1. The summed E-state index contributed by atoms with van der Waals surface area (Å²) in [6.07, 6.45) is 4.38. The van der Waals surface area contributed by atoms with Crippen molar-refractivity contribution in [3.63, 3.8) is 0 Å². The van der Waals surface area contributed by atoms with E-state index in [0.29, 0.717) is 11.6 Å². The predicted molar refractivity (Wildman–Crippen MR) is 124 cm³/mol. The number of amides is 1. The topological polar surface area (TPSA) is 67.6 Å². The number of hydrogen-bond acceptors (Lipinski definition) is 3. The Morgan fingerprint density at radius 3 is 2.77 bits per heavy atom. The smallest absolute Gasteiger partial charge is 0.407 e. The zero-order valence-corrected chi connectivity index (χ0v) is 20.4. The molecular weight excluding hydrogens is 418 g/mol. The first-order chi connectivity index (χ1) is 14.0. The van der Waals surface area contributed by atoms with E-state index in [1.807, 2.05) is 24.5 Å². The minimum absolute atomic E-state index is 0.0333. The SMILES string of the molecule is CC(C)(C)[Si](C)(C)O[C@H]1CCCN(C(=O)O)[C@@H]1CCCn1cnc2cc(Cl)ccc21. The molecule has 2 atom stereocenters. The number of aryl methyl sites for hydroxylation is 1. The number of aromatic nitrogens is 2. The van der Waals surface area contributed by atoms with Crippen molar-refractivity contribution >= 4 is 37.0 Å². The van der Waals surface area contributed by atoms with E-state index in [9.17, 15) is 9.90 Å². The quantitative estimate of drug-likeness (QED) is 0.546. The van der Waals surface area contributed by atoms with Crippen LogP contribution in [0.15, 0.2) is 24.5 Å². The second-order valence-corrected chi connectivity index (χ2v) is 15.0. The molecule has 2 aromatic rings. The maximum Gasteiger partial charge on any atom is 0.407 e. The van der Waals surface area contributed by atoms with Crippen LogP contribution in [0.2, 0.25) is 23.2 Å². The van der Waals surface area contributed by atoms with E-state index in [0.717, 1.165) is 43.3 Å². The molecule has 3 rings (SSSR count). The lowest BCUT2D eigenvalue weighted by atomic mass is 9.95. The summed E-state index contributed by atoms with van der Waals surface area (Å²) in [4.78, 5) is 18.0. The van der Waals surface area contributed by atoms with Gasteiger partial charge < -0.3 is 19.0 Å². The molecule has 1 aliphatic rings. The Bertz CT molecular complexity index is 893. The Kier molecular flexibility index (Phi) is 6.84. The zero-order valence-electron chi connectivity index (χ0n) is 18.7. The van der Waals surface area contributed by atoms with Gasteiger partial charge in [0.1, 0.15) is 0 Å². The summed E-state index contributed by atoms with van der Waals surface area (Å²) in [5, 5.41) is 10.6. The van der Waals surface area contributed by atoms with Gasteiger partial charge in [-0.3, -0.25) is 0 Å². The summed E-state index contributed by atoms with van der Waals surface area (Å²) >= 11 is 6.06. The summed E-state index contributed by atoms with van der Waals surface area (Å²) in [6.45, 7) is 12.5. The largest absolute Gasteiger partial charge is 0.465 e. The number of likely N-dealkylation sites (tertiary alicyclic amines) is 1. The summed E-state index contributed by atoms with van der Waals surface area (Å²) in [5.74, 6) is 0. The van der Waals surface area contributed by atoms with Gasteiger partial charge in [0.05, 0.1) is 29.5 Å². The molecule has 1 amide bonds. The zero-order chi connectivity index (χ0) is 22.1. The van der Waals surface area contributed by atoms with E-state index in [4.69, 9.17) is 16.0 Å². The average molecular weight is 452 g/mol. The number of carbonyl (C=O) groups is 1. The van der Waals surface area contributed by atoms with Gasteiger partial charge in [-0.1, -0.05) is 32.4 Å². The van der Waals surface area contributed by atoms with E-state index >= 15 is 0 Å². The molecule has 0 aliphatic carbocycles. The van der Waals surface area contributed by atoms with Crippen LogP contribution >= 0.6 is 11.6 Å². The van der Waals surface area contributed by atoms with Crippen molar-refractivity contribution in [3.8, 4) is 0 Å². The Hall–Kier alpha value is -1.57. The van der Waals surface area contributed by atoms with Crippen molar-refractivity contribution < 1.29 is 14.3 Å². The molecule has 166 valence electrons. The molecule has 1 N–H and O–H groups in total. The van der Waals surface area contributed by atoms with Crippen LogP contribution in [0.25, 0.3) is 11.0 Å². The third-order valence-electron chi connectivity index (χ3n) is 6.70. The second kappa shape index (κ2) is 8.89. The van der Waals surface area contributed by atoms with E-state index < -0.39 is 14.4 Å². The summed E-state index contributed by atoms with van der Waals surface area (Å²) in [5.41, 5.74) is 1.93. The molecule has 1 aliphatic heterocycles. The third-order valence-corrected chi connectivity index (χ3v) is 11.4. The van der Waals surface area contributed by atoms with Crippen LogP contribution in [0, 0.1) is 0 Å². The molecule has 1 aromatic carbocycles. The van der Waals surface area contributed by atoms with Crippen LogP contribution in [-0.2, 0) is 11.0 Å². The maximum absolute atomic E-state index is 11.9. The molecule has 0 bridgehead atoms. The lowest BCUT2D eigenvalue weighted by Gasteiger charge is -2.46. The van der Waals surface area contributed by atoms with Crippen molar-refractivity contribution in [2.45, 2.75) is 83.3 Å². The van der Waals surface area contributed by atoms with Crippen molar-refractivity contribution in [1.29, 1.82) is 0 Å². The van der Waals surface area contributed by atoms with E-state index in [1.165, 1.54) is 0 Å². The fraction of sp³-hybridized carbons (Fsp3) is 0.636. The number of imidazole rings is 1. The van der Waals surface area contributed by atoms with Crippen LogP contribution in [0.3, 0.4) is 0 Å². The Morgan fingerprint density at radius 2 is 2.10 bits per heavy atom. The second-order valence-electron chi connectivity index (χ2n) is 9.82. The van der Waals surface area contributed by atoms with Crippen molar-refractivity contribution in [2.75, 3.05) is 6.54 Å². The number of halogens is 1. The molecule has 0 unspecified atom stereocenters. The van der Waals surface area contributed by atoms with E-state index in [-0.39, 0.29) is 17.2 Å². The van der Waals surface area contributed by atoms with Gasteiger partial charge in [-0.15, -0.1) is 0 Å². The molecule has 6 nitrogen and oxygen atoms in total. The normalized spacial score (nSPS) is 20.7. The molecule has 0 radical (unpaired) electrons. The molecular formula is C22H34ClN3O3Si. The highest BCUT2D eigenvalue weighted by Crippen LogP contribution is 2.39. The highest BCUT2D eigenvalue weighted by molar-refractivity contribution is 6.74. The molecule has 1 saturated heterocycles. The summed E-state index contributed by atoms with van der Waals surface area (Å²) < 4.78 is 8.82. The Morgan fingerprint density at radius 1 is 1.37 bits per heavy atom. The number of nitrogens with zero attached hydrogens (tertiary/aromatic N) is 3. The minimum Gasteiger partial charge on any atom is -0.465 e. The van der Waals surface area contributed by atoms with Gasteiger partial charge in [-0.05, 0) is 62.0 Å². The van der Waals surface area contributed by atoms with Crippen molar-refractivity contribution in [3.05, 3.63) is 29.5 Å². The summed E-state index contributed by atoms with van der Waals surface area (Å²) in [7, 11) is -1.98. The lowest BCUT2D eigenvalue weighted by molar-refractivity contribution is 0.0181. The fourth-order valence-electron chi connectivity index (χ4n) is 3.98. The molecule has 8 heteroatoms. The van der Waals surface area contributed by atoms with Crippen molar-refractivity contribution in [2.24, 2.45) is 0 Å². The minimum atomic E-state index is -1.98. The highest BCUT2D eigenvalue weighted by atomic mass is 35.5. The van der Waals surface area contributed by atoms with Crippen LogP contribution < -0.4 is 0 Å². The van der Waals surface area contributed by atoms with Crippen LogP contribution in [0.5, 0.6) is 0 Å². The number of rotatable bonds is 6. The van der Waals surface area contributed by atoms with Crippen LogP contribution in [0.4, 0.5) is 4.79 Å². The van der Waals surface area contributed by atoms with E-state index in [2.05, 4.69) is 43.4 Å². The lowest BCUT2D eigenvalue weighted by Crippen LogP contribution is -2.55. The van der Waals surface area contributed by atoms with Gasteiger partial charge in [0.25, 0.3) is 0 Å². The van der Waals surface area contributed by atoms with Gasteiger partial charge >= 0.3 is 6.09 Å². The van der Waals surface area contributed by atoms with Crippen LogP contribution in [0.1, 0.15) is 46.5 Å². The number of piperidine rings is 1. The first-order valence-electron chi connectivity index (χ1n) is 10.8. The predicted octanol–water partition coefficient (Wildman–Crippen LogP) is 6.00. The molecule has 1 fully saturated rings. The Balaban J connectivity index is 1.72. The maximum atomic E-state index is 11.9. The highest BCUT2D eigenvalue weighted by Gasteiger charge is 2.43. The monoisotopic (exact) mass is 451 g/mol. The molecule has 0 spiro atoms. The molecule has 30 heavy (non-hydrogen) atoms. The third kappa shape index (κ3) is 5.01.